The van der Waals surface area contributed by atoms with E-state index in [4.69, 9.17) is 4.74 Å². The van der Waals surface area contributed by atoms with Crippen LogP contribution in [-0.2, 0) is 10.2 Å². The topological polar surface area (TPSA) is 127 Å². The van der Waals surface area contributed by atoms with Gasteiger partial charge in [-0.25, -0.2) is 9.37 Å². The number of rotatable bonds is 10. The molecule has 5 saturated heterocycles. The van der Waals surface area contributed by atoms with Crippen molar-refractivity contribution >= 4 is 34.3 Å². The normalized spacial score (nSPS) is 25.6. The van der Waals surface area contributed by atoms with Gasteiger partial charge in [-0.3, -0.25) is 4.79 Å². The van der Waals surface area contributed by atoms with Gasteiger partial charge in [0, 0.05) is 75.4 Å². The summed E-state index contributed by atoms with van der Waals surface area (Å²) in [7, 11) is -3.39. The van der Waals surface area contributed by atoms with Gasteiger partial charge in [-0.1, -0.05) is 0 Å². The van der Waals surface area contributed by atoms with Gasteiger partial charge in [0.05, 0.1) is 5.56 Å². The lowest BCUT2D eigenvalue weighted by molar-refractivity contribution is 0.0640. The molecule has 0 saturated carbocycles. The summed E-state index contributed by atoms with van der Waals surface area (Å²) in [4.78, 5) is 24.4. The van der Waals surface area contributed by atoms with Gasteiger partial charge in [-0.05, 0) is 90.6 Å². The molecule has 13 nitrogen and oxygen atoms in total. The molecule has 0 aliphatic carbocycles. The van der Waals surface area contributed by atoms with Crippen LogP contribution in [0.5, 0.6) is 11.6 Å². The van der Waals surface area contributed by atoms with Crippen LogP contribution in [0.2, 0.25) is 0 Å². The highest BCUT2D eigenvalue weighted by atomic mass is 35.5. The number of nitrogens with one attached hydrogen (secondary N) is 1. The first-order valence-electron chi connectivity index (χ1n) is 17.4. The van der Waals surface area contributed by atoms with E-state index in [9.17, 15) is 17.6 Å². The van der Waals surface area contributed by atoms with Crippen molar-refractivity contribution in [1.82, 2.24) is 38.9 Å². The number of carbonyl (C=O) groups excluding carboxylic acids is 1. The number of hydrogen-bond donors (Lipinski definition) is 1. The van der Waals surface area contributed by atoms with E-state index in [-0.39, 0.29) is 59.0 Å². The fourth-order valence-electron chi connectivity index (χ4n) is 8.52. The second-order valence-electron chi connectivity index (χ2n) is 15.0. The van der Waals surface area contributed by atoms with E-state index in [2.05, 4.69) is 30.3 Å². The van der Waals surface area contributed by atoms with Crippen LogP contribution in [0.1, 0.15) is 63.7 Å². The number of anilines is 1. The fraction of sp³-hybridized carbons (Fsp3) is 0.697. The summed E-state index contributed by atoms with van der Waals surface area (Å²) in [5, 5.41) is 11.6. The second kappa shape index (κ2) is 14.1. The lowest BCUT2D eigenvalue weighted by Gasteiger charge is -2.54. The van der Waals surface area contributed by atoms with Gasteiger partial charge < -0.3 is 24.8 Å². The molecule has 0 unspecified atom stereocenters. The number of fused-ring (bicyclic) bond motifs is 2. The summed E-state index contributed by atoms with van der Waals surface area (Å²) in [5.41, 5.74) is 0.295. The quantitative estimate of drug-likeness (QED) is 0.391. The molecule has 16 heteroatoms. The number of nitrogens with zero attached hydrogens (tertiary/aromatic N) is 8. The SMILES string of the molecule is CC(C)N(C(=O)c1cc(F)ccc1Oc1nncnc1N1CC2(CCN(C[C@@H]3CCN(S(=O)(=O)N4C[C@@H]5C[C@H]4CN5)C3)CC2)C1)C(C)C.Cl. The van der Waals surface area contributed by atoms with E-state index < -0.39 is 16.0 Å². The number of benzene rings is 1. The Balaban J connectivity index is 0.00000417. The molecule has 270 valence electrons. The van der Waals surface area contributed by atoms with Crippen molar-refractivity contribution in [3.8, 4) is 11.6 Å². The van der Waals surface area contributed by atoms with Crippen molar-refractivity contribution in [2.45, 2.75) is 77.5 Å². The third-order valence-electron chi connectivity index (χ3n) is 11.0. The van der Waals surface area contributed by atoms with Gasteiger partial charge in [-0.15, -0.1) is 22.6 Å². The van der Waals surface area contributed by atoms with E-state index in [1.54, 1.807) is 13.5 Å². The third kappa shape index (κ3) is 7.11. The van der Waals surface area contributed by atoms with Gasteiger partial charge in [-0.2, -0.15) is 17.0 Å². The molecular formula is C33H49ClFN9O4S. The molecule has 6 heterocycles. The highest BCUT2D eigenvalue weighted by Gasteiger charge is 2.49. The Bertz CT molecular complexity index is 1610. The molecule has 2 aromatic rings. The van der Waals surface area contributed by atoms with Crippen molar-refractivity contribution in [1.29, 1.82) is 0 Å². The largest absolute Gasteiger partial charge is 0.434 e. The Kier molecular flexibility index (Phi) is 10.4. The van der Waals surface area contributed by atoms with Crippen LogP contribution in [0.25, 0.3) is 0 Å². The molecule has 0 radical (unpaired) electrons. The minimum Gasteiger partial charge on any atom is -0.434 e. The molecule has 5 aliphatic rings. The van der Waals surface area contributed by atoms with Crippen LogP contribution in [0.3, 0.4) is 0 Å². The van der Waals surface area contributed by atoms with Crippen LogP contribution in [0.4, 0.5) is 10.2 Å². The second-order valence-corrected chi connectivity index (χ2v) is 16.9. The zero-order valence-corrected chi connectivity index (χ0v) is 30.4. The number of piperazine rings is 1. The van der Waals surface area contributed by atoms with Crippen molar-refractivity contribution in [3.05, 3.63) is 35.9 Å². The molecule has 5 fully saturated rings. The predicted octanol–water partition coefficient (Wildman–Crippen LogP) is 3.00. The van der Waals surface area contributed by atoms with Gasteiger partial charge in [0.25, 0.3) is 22.0 Å². The molecule has 1 spiro atoms. The van der Waals surface area contributed by atoms with E-state index in [1.807, 2.05) is 27.7 Å². The average molecular weight is 722 g/mol. The van der Waals surface area contributed by atoms with Crippen LogP contribution in [-0.4, -0.2) is 131 Å². The molecule has 7 rings (SSSR count). The highest BCUT2D eigenvalue weighted by molar-refractivity contribution is 7.86. The molecule has 1 N–H and O–H groups in total. The molecule has 1 aromatic heterocycles. The number of carbonyl (C=O) groups is 1. The number of aromatic nitrogens is 3. The molecule has 3 atom stereocenters. The maximum atomic E-state index is 14.4. The fourth-order valence-corrected chi connectivity index (χ4v) is 10.5. The first-order valence-corrected chi connectivity index (χ1v) is 18.8. The van der Waals surface area contributed by atoms with Gasteiger partial charge >= 0.3 is 0 Å². The number of hydrogen-bond acceptors (Lipinski definition) is 10. The Morgan fingerprint density at radius 3 is 2.51 bits per heavy atom. The van der Waals surface area contributed by atoms with E-state index in [1.165, 1.54) is 24.5 Å². The maximum Gasteiger partial charge on any atom is 0.282 e. The lowest BCUT2D eigenvalue weighted by atomic mass is 9.72. The lowest BCUT2D eigenvalue weighted by Crippen LogP contribution is -2.61. The predicted molar refractivity (Wildman–Crippen MR) is 186 cm³/mol. The van der Waals surface area contributed by atoms with Crippen LogP contribution in [0.15, 0.2) is 24.5 Å². The molecule has 2 bridgehead atoms. The molecular weight excluding hydrogens is 673 g/mol. The number of amides is 1. The Labute approximate surface area is 295 Å². The Hall–Kier alpha value is -2.69. The summed E-state index contributed by atoms with van der Waals surface area (Å²) in [6.45, 7) is 14.8. The Morgan fingerprint density at radius 2 is 1.86 bits per heavy atom. The van der Waals surface area contributed by atoms with Crippen LogP contribution >= 0.6 is 12.4 Å². The van der Waals surface area contributed by atoms with Crippen molar-refractivity contribution in [3.63, 3.8) is 0 Å². The van der Waals surface area contributed by atoms with Crippen molar-refractivity contribution in [2.24, 2.45) is 11.3 Å². The zero-order chi connectivity index (χ0) is 33.8. The van der Waals surface area contributed by atoms with Crippen molar-refractivity contribution in [2.75, 3.05) is 63.8 Å². The van der Waals surface area contributed by atoms with Crippen molar-refractivity contribution < 1.29 is 22.3 Å². The minimum absolute atomic E-state index is 0. The van der Waals surface area contributed by atoms with E-state index >= 15 is 0 Å². The molecule has 49 heavy (non-hydrogen) atoms. The van der Waals surface area contributed by atoms with E-state index in [0.717, 1.165) is 65.0 Å². The highest BCUT2D eigenvalue weighted by Crippen LogP contribution is 2.45. The third-order valence-corrected chi connectivity index (χ3v) is 13.0. The summed E-state index contributed by atoms with van der Waals surface area (Å²) in [6.07, 6.45) is 5.33. The first kappa shape index (κ1) is 36.1. The zero-order valence-electron chi connectivity index (χ0n) is 28.8. The van der Waals surface area contributed by atoms with Gasteiger partial charge in [0.2, 0.25) is 0 Å². The number of likely N-dealkylation sites (tertiary alicyclic amines) is 1. The summed E-state index contributed by atoms with van der Waals surface area (Å²) in [5.74, 6) is 0.471. The smallest absolute Gasteiger partial charge is 0.282 e. The van der Waals surface area contributed by atoms with Crippen LogP contribution in [0, 0.1) is 17.2 Å². The standard InChI is InChI=1S/C33H48FN9O4S.ClH/c1-22(2)43(23(3)4)32(44)28-13-25(34)5-6-29(28)47-31-30(36-21-37-38-31)40-19-33(20-40)8-11-39(12-9-33)16-24-7-10-41(17-24)48(45,46)42-18-26-14-27(42)15-35-26;/h5-6,13,21-24,26-27,35H,7-12,14-20H2,1-4H3;1H/t24-,26-,27-;/m0./s1. The number of piperidine rings is 1. The summed E-state index contributed by atoms with van der Waals surface area (Å²) >= 11 is 0. The number of halogens is 2. The van der Waals surface area contributed by atoms with Gasteiger partial charge in [0.1, 0.15) is 17.9 Å². The van der Waals surface area contributed by atoms with Gasteiger partial charge in [0.15, 0.2) is 5.82 Å². The molecule has 1 amide bonds. The van der Waals surface area contributed by atoms with Crippen LogP contribution < -0.4 is 15.0 Å². The summed E-state index contributed by atoms with van der Waals surface area (Å²) in [6, 6.07) is 4.19. The average Bonchev–Trinajstić information content (AvgIpc) is 3.80. The summed E-state index contributed by atoms with van der Waals surface area (Å²) < 4.78 is 50.7. The number of ether oxygens (including phenoxy) is 1. The minimum atomic E-state index is -3.39. The Morgan fingerprint density at radius 1 is 1.12 bits per heavy atom. The molecule has 5 aliphatic heterocycles. The molecule has 1 aromatic carbocycles. The van der Waals surface area contributed by atoms with E-state index in [0.29, 0.717) is 37.4 Å². The first-order chi connectivity index (χ1) is 22.9. The monoisotopic (exact) mass is 721 g/mol. The maximum absolute atomic E-state index is 14.4.